The monoisotopic (exact) mass is 286 g/mol. The summed E-state index contributed by atoms with van der Waals surface area (Å²) < 4.78 is 19.0. The molecule has 2 aromatic rings. The van der Waals surface area contributed by atoms with E-state index in [-0.39, 0.29) is 11.7 Å². The largest absolute Gasteiger partial charge is 0.493 e. The van der Waals surface area contributed by atoms with Gasteiger partial charge in [-0.2, -0.15) is 0 Å². The highest BCUT2D eigenvalue weighted by molar-refractivity contribution is 5.38. The molecule has 2 atom stereocenters. The summed E-state index contributed by atoms with van der Waals surface area (Å²) in [5.41, 5.74) is 0.684. The number of ether oxygens (including phenoxy) is 1. The van der Waals surface area contributed by atoms with Crippen molar-refractivity contribution in [3.8, 4) is 5.75 Å². The van der Waals surface area contributed by atoms with E-state index in [1.165, 1.54) is 12.1 Å². The van der Waals surface area contributed by atoms with Gasteiger partial charge in [0, 0.05) is 0 Å². The number of rotatable bonds is 3. The summed E-state index contributed by atoms with van der Waals surface area (Å²) in [4.78, 5) is 0. The molecule has 0 spiro atoms. The van der Waals surface area contributed by atoms with Crippen LogP contribution >= 0.6 is 0 Å². The van der Waals surface area contributed by atoms with E-state index in [1.807, 2.05) is 24.3 Å². The Morgan fingerprint density at radius 3 is 2.86 bits per heavy atom. The summed E-state index contributed by atoms with van der Waals surface area (Å²) >= 11 is 0. The first-order valence-corrected chi connectivity index (χ1v) is 7.26. The van der Waals surface area contributed by atoms with Crippen molar-refractivity contribution < 1.29 is 14.2 Å². The number of aliphatic hydroxyl groups is 1. The van der Waals surface area contributed by atoms with E-state index >= 15 is 0 Å². The first-order valence-electron chi connectivity index (χ1n) is 7.26. The molecule has 0 aliphatic carbocycles. The van der Waals surface area contributed by atoms with Gasteiger partial charge in [-0.3, -0.25) is 0 Å². The number of fused-ring (bicyclic) bond motifs is 1. The van der Waals surface area contributed by atoms with E-state index < -0.39 is 5.60 Å². The van der Waals surface area contributed by atoms with Gasteiger partial charge >= 0.3 is 0 Å². The first kappa shape index (κ1) is 14.1. The number of benzene rings is 2. The normalized spacial score (nSPS) is 20.2. The average Bonchev–Trinajstić information content (AvgIpc) is 2.47. The van der Waals surface area contributed by atoms with Crippen LogP contribution < -0.4 is 4.74 Å². The van der Waals surface area contributed by atoms with Gasteiger partial charge in [0.25, 0.3) is 0 Å². The molecule has 2 unspecified atom stereocenters. The molecule has 1 aliphatic rings. The molecule has 0 radical (unpaired) electrons. The molecule has 0 bridgehead atoms. The highest BCUT2D eigenvalue weighted by Crippen LogP contribution is 2.41. The van der Waals surface area contributed by atoms with Gasteiger partial charge < -0.3 is 9.84 Å². The smallest absolute Gasteiger partial charge is 0.123 e. The Morgan fingerprint density at radius 2 is 2.05 bits per heavy atom. The Hall–Kier alpha value is -1.87. The van der Waals surface area contributed by atoms with Gasteiger partial charge in [0.05, 0.1) is 12.2 Å². The van der Waals surface area contributed by atoms with Crippen LogP contribution in [0.15, 0.2) is 48.5 Å². The van der Waals surface area contributed by atoms with Crippen LogP contribution in [0.5, 0.6) is 5.75 Å². The van der Waals surface area contributed by atoms with Gasteiger partial charge in [0.15, 0.2) is 0 Å². The lowest BCUT2D eigenvalue weighted by molar-refractivity contribution is 0.0349. The molecule has 21 heavy (non-hydrogen) atoms. The third-order valence-electron chi connectivity index (χ3n) is 4.17. The molecule has 3 rings (SSSR count). The van der Waals surface area contributed by atoms with E-state index in [2.05, 4.69) is 0 Å². The Labute approximate surface area is 124 Å². The molecule has 0 aromatic heterocycles. The second-order valence-electron chi connectivity index (χ2n) is 5.86. The second kappa shape index (κ2) is 5.49. The maximum atomic E-state index is 13.4. The fourth-order valence-electron chi connectivity index (χ4n) is 3.05. The van der Waals surface area contributed by atoms with Crippen LogP contribution in [0.1, 0.15) is 36.8 Å². The molecule has 1 heterocycles. The molecule has 2 nitrogen and oxygen atoms in total. The molecule has 0 fully saturated rings. The summed E-state index contributed by atoms with van der Waals surface area (Å²) in [7, 11) is 0. The Bertz CT molecular complexity index is 637. The molecule has 2 aromatic carbocycles. The minimum absolute atomic E-state index is 0.216. The third kappa shape index (κ3) is 2.93. The van der Waals surface area contributed by atoms with E-state index in [4.69, 9.17) is 4.74 Å². The Balaban J connectivity index is 1.86. The van der Waals surface area contributed by atoms with Gasteiger partial charge in [-0.25, -0.2) is 4.39 Å². The topological polar surface area (TPSA) is 29.5 Å². The Morgan fingerprint density at radius 1 is 1.24 bits per heavy atom. The van der Waals surface area contributed by atoms with Crippen molar-refractivity contribution >= 4 is 0 Å². The quantitative estimate of drug-likeness (QED) is 0.924. The van der Waals surface area contributed by atoms with Crippen LogP contribution in [0.4, 0.5) is 4.39 Å². The van der Waals surface area contributed by atoms with Crippen molar-refractivity contribution in [3.63, 3.8) is 0 Å². The van der Waals surface area contributed by atoms with Gasteiger partial charge in [0.2, 0.25) is 0 Å². The number of hydrogen-bond acceptors (Lipinski definition) is 2. The second-order valence-corrected chi connectivity index (χ2v) is 5.86. The average molecular weight is 286 g/mol. The fraction of sp³-hybridized carbons (Fsp3) is 0.333. The lowest BCUT2D eigenvalue weighted by Crippen LogP contribution is -2.27. The molecule has 1 aliphatic heterocycles. The van der Waals surface area contributed by atoms with Crippen LogP contribution in [-0.4, -0.2) is 11.7 Å². The standard InChI is InChI=1S/C18H19FO2/c1-18(20,14-5-4-6-15(19)11-14)12-13-9-10-21-17-8-3-2-7-16(13)17/h2-8,11,13,20H,9-10,12H2,1H3. The molecular weight excluding hydrogens is 267 g/mol. The lowest BCUT2D eigenvalue weighted by Gasteiger charge is -2.32. The summed E-state index contributed by atoms with van der Waals surface area (Å²) in [6, 6.07) is 14.1. The van der Waals surface area contributed by atoms with E-state index in [0.717, 1.165) is 17.7 Å². The SMILES string of the molecule is CC(O)(CC1CCOc2ccccc21)c1cccc(F)c1. The van der Waals surface area contributed by atoms with E-state index in [9.17, 15) is 9.50 Å². The number of hydrogen-bond donors (Lipinski definition) is 1. The summed E-state index contributed by atoms with van der Waals surface area (Å²) in [5.74, 6) is 0.789. The zero-order valence-corrected chi connectivity index (χ0v) is 12.1. The molecule has 110 valence electrons. The van der Waals surface area contributed by atoms with Crippen LogP contribution in [0, 0.1) is 5.82 Å². The predicted molar refractivity (Wildman–Crippen MR) is 79.9 cm³/mol. The van der Waals surface area contributed by atoms with Crippen molar-refractivity contribution in [2.45, 2.75) is 31.3 Å². The summed E-state index contributed by atoms with van der Waals surface area (Å²) in [6.07, 6.45) is 1.42. The van der Waals surface area contributed by atoms with Crippen molar-refractivity contribution in [2.75, 3.05) is 6.61 Å². The van der Waals surface area contributed by atoms with Gasteiger partial charge in [-0.1, -0.05) is 30.3 Å². The molecule has 0 amide bonds. The van der Waals surface area contributed by atoms with Crippen LogP contribution in [0.3, 0.4) is 0 Å². The molecule has 1 N–H and O–H groups in total. The molecule has 0 saturated heterocycles. The Kier molecular flexibility index (Phi) is 3.68. The highest BCUT2D eigenvalue weighted by Gasteiger charge is 2.31. The zero-order chi connectivity index (χ0) is 14.9. The fourth-order valence-corrected chi connectivity index (χ4v) is 3.05. The molecular formula is C18H19FO2. The lowest BCUT2D eigenvalue weighted by atomic mass is 9.80. The minimum Gasteiger partial charge on any atom is -0.493 e. The van der Waals surface area contributed by atoms with E-state index in [0.29, 0.717) is 18.6 Å². The van der Waals surface area contributed by atoms with Gasteiger partial charge in [0.1, 0.15) is 11.6 Å². The first-order chi connectivity index (χ1) is 10.1. The molecule has 3 heteroatoms. The summed E-state index contributed by atoms with van der Waals surface area (Å²) in [6.45, 7) is 2.40. The zero-order valence-electron chi connectivity index (χ0n) is 12.1. The van der Waals surface area contributed by atoms with Crippen molar-refractivity contribution in [2.24, 2.45) is 0 Å². The minimum atomic E-state index is -1.06. The van der Waals surface area contributed by atoms with Gasteiger partial charge in [-0.05, 0) is 55.0 Å². The maximum Gasteiger partial charge on any atom is 0.123 e. The maximum absolute atomic E-state index is 13.4. The summed E-state index contributed by atoms with van der Waals surface area (Å²) in [5, 5.41) is 10.8. The van der Waals surface area contributed by atoms with Crippen molar-refractivity contribution in [1.29, 1.82) is 0 Å². The van der Waals surface area contributed by atoms with Crippen LogP contribution in [-0.2, 0) is 5.60 Å². The van der Waals surface area contributed by atoms with E-state index in [1.54, 1.807) is 19.1 Å². The van der Waals surface area contributed by atoms with Crippen molar-refractivity contribution in [1.82, 2.24) is 0 Å². The van der Waals surface area contributed by atoms with Gasteiger partial charge in [-0.15, -0.1) is 0 Å². The highest BCUT2D eigenvalue weighted by atomic mass is 19.1. The third-order valence-corrected chi connectivity index (χ3v) is 4.17. The predicted octanol–water partition coefficient (Wildman–Crippen LogP) is 3.99. The van der Waals surface area contributed by atoms with Crippen LogP contribution in [0.2, 0.25) is 0 Å². The van der Waals surface area contributed by atoms with Crippen molar-refractivity contribution in [3.05, 3.63) is 65.5 Å². The molecule has 0 saturated carbocycles. The number of para-hydroxylation sites is 1. The number of halogens is 1. The van der Waals surface area contributed by atoms with Crippen LogP contribution in [0.25, 0.3) is 0 Å².